The number of carbonyl (C=O) groups excluding carboxylic acids is 1. The summed E-state index contributed by atoms with van der Waals surface area (Å²) in [6, 6.07) is 10.4. The highest BCUT2D eigenvalue weighted by molar-refractivity contribution is 9.10. The second kappa shape index (κ2) is 8.35. The van der Waals surface area contributed by atoms with Gasteiger partial charge in [-0.1, -0.05) is 6.07 Å². The van der Waals surface area contributed by atoms with Gasteiger partial charge in [0.15, 0.2) is 11.5 Å². The van der Waals surface area contributed by atoms with Crippen LogP contribution in [0.3, 0.4) is 0 Å². The fraction of sp³-hybridized carbons (Fsp3) is 0.176. The summed E-state index contributed by atoms with van der Waals surface area (Å²) >= 11 is 3.34. The van der Waals surface area contributed by atoms with Gasteiger partial charge in [0, 0.05) is 11.1 Å². The zero-order chi connectivity index (χ0) is 17.5. The molecule has 2 aromatic carbocycles. The minimum absolute atomic E-state index is 0.337. The minimum atomic E-state index is -0.337. The Morgan fingerprint density at radius 1 is 1.08 bits per heavy atom. The molecule has 0 aliphatic carbocycles. The molecule has 0 fully saturated rings. The largest absolute Gasteiger partial charge is 0.496 e. The highest BCUT2D eigenvalue weighted by Crippen LogP contribution is 2.29. The number of benzene rings is 2. The normalized spacial score (nSPS) is 10.5. The number of hydrogen-bond acceptors (Lipinski definition) is 5. The Labute approximate surface area is 148 Å². The molecule has 0 bridgehead atoms. The first-order valence-corrected chi connectivity index (χ1v) is 7.78. The number of methoxy groups -OCH3 is 3. The molecule has 6 nitrogen and oxygen atoms in total. The van der Waals surface area contributed by atoms with Gasteiger partial charge in [-0.25, -0.2) is 5.43 Å². The number of ether oxygens (including phenoxy) is 3. The number of amides is 1. The Morgan fingerprint density at radius 3 is 2.46 bits per heavy atom. The molecule has 0 radical (unpaired) electrons. The molecule has 24 heavy (non-hydrogen) atoms. The molecule has 0 aliphatic heterocycles. The van der Waals surface area contributed by atoms with Crippen LogP contribution in [0.5, 0.6) is 17.2 Å². The molecule has 0 aliphatic rings. The van der Waals surface area contributed by atoms with Crippen molar-refractivity contribution in [3.8, 4) is 17.2 Å². The molecule has 7 heteroatoms. The van der Waals surface area contributed by atoms with Crippen LogP contribution in [0.25, 0.3) is 0 Å². The van der Waals surface area contributed by atoms with Crippen molar-refractivity contribution in [3.63, 3.8) is 0 Å². The van der Waals surface area contributed by atoms with Crippen LogP contribution in [0.1, 0.15) is 15.9 Å². The molecule has 0 saturated carbocycles. The van der Waals surface area contributed by atoms with Gasteiger partial charge in [0.25, 0.3) is 5.91 Å². The van der Waals surface area contributed by atoms with E-state index in [0.717, 1.165) is 0 Å². The monoisotopic (exact) mass is 392 g/mol. The van der Waals surface area contributed by atoms with Crippen LogP contribution in [0.4, 0.5) is 0 Å². The van der Waals surface area contributed by atoms with E-state index >= 15 is 0 Å². The Balaban J connectivity index is 2.12. The number of halogens is 1. The molecule has 0 unspecified atom stereocenters. The van der Waals surface area contributed by atoms with Crippen LogP contribution in [0, 0.1) is 0 Å². The first kappa shape index (κ1) is 17.8. The molecule has 0 spiro atoms. The number of nitrogens with one attached hydrogen (secondary N) is 1. The predicted octanol–water partition coefficient (Wildman–Crippen LogP) is 3.24. The van der Waals surface area contributed by atoms with Gasteiger partial charge in [-0.15, -0.1) is 0 Å². The summed E-state index contributed by atoms with van der Waals surface area (Å²) in [5, 5.41) is 3.97. The lowest BCUT2D eigenvalue weighted by atomic mass is 10.2. The summed E-state index contributed by atoms with van der Waals surface area (Å²) in [6.45, 7) is 0. The molecular formula is C17H17BrN2O4. The van der Waals surface area contributed by atoms with E-state index in [1.165, 1.54) is 6.21 Å². The van der Waals surface area contributed by atoms with Gasteiger partial charge in [-0.05, 0) is 46.3 Å². The highest BCUT2D eigenvalue weighted by Gasteiger charge is 2.09. The zero-order valence-corrected chi connectivity index (χ0v) is 15.1. The van der Waals surface area contributed by atoms with Crippen molar-refractivity contribution in [2.24, 2.45) is 5.10 Å². The lowest BCUT2D eigenvalue weighted by Gasteiger charge is -2.09. The molecule has 0 atom stereocenters. The topological polar surface area (TPSA) is 69.2 Å². The van der Waals surface area contributed by atoms with Crippen LogP contribution >= 0.6 is 15.9 Å². The number of hydrogen-bond donors (Lipinski definition) is 1. The average Bonchev–Trinajstić information content (AvgIpc) is 2.61. The fourth-order valence-electron chi connectivity index (χ4n) is 2.05. The Morgan fingerprint density at radius 2 is 1.83 bits per heavy atom. The summed E-state index contributed by atoms with van der Waals surface area (Å²) in [7, 11) is 4.66. The smallest absolute Gasteiger partial charge is 0.271 e. The summed E-state index contributed by atoms with van der Waals surface area (Å²) < 4.78 is 16.3. The molecule has 2 aromatic rings. The van der Waals surface area contributed by atoms with Gasteiger partial charge in [-0.3, -0.25) is 4.79 Å². The second-order valence-corrected chi connectivity index (χ2v) is 5.49. The van der Waals surface area contributed by atoms with Crippen LogP contribution in [0.2, 0.25) is 0 Å². The molecule has 126 valence electrons. The van der Waals surface area contributed by atoms with E-state index < -0.39 is 0 Å². The first-order valence-electron chi connectivity index (χ1n) is 6.98. The zero-order valence-electron chi connectivity index (χ0n) is 13.5. The van der Waals surface area contributed by atoms with E-state index in [1.54, 1.807) is 51.7 Å². The lowest BCUT2D eigenvalue weighted by Crippen LogP contribution is -2.17. The van der Waals surface area contributed by atoms with Gasteiger partial charge in [0.2, 0.25) is 0 Å². The third-order valence-electron chi connectivity index (χ3n) is 3.22. The van der Waals surface area contributed by atoms with E-state index in [9.17, 15) is 4.79 Å². The maximum absolute atomic E-state index is 12.1. The quantitative estimate of drug-likeness (QED) is 0.605. The van der Waals surface area contributed by atoms with Gasteiger partial charge in [0.05, 0.1) is 32.0 Å². The molecule has 0 aromatic heterocycles. The Kier molecular flexibility index (Phi) is 6.20. The third-order valence-corrected chi connectivity index (χ3v) is 3.84. The standard InChI is InChI=1S/C17H17BrN2O4/c1-22-14-8-7-11(9-13(14)18)17(21)20-19-10-12-5-4-6-15(23-2)16(12)24-3/h4-10H,1-3H3,(H,20,21)/b19-10+. The van der Waals surface area contributed by atoms with Crippen LogP contribution in [0.15, 0.2) is 46.0 Å². The highest BCUT2D eigenvalue weighted by atomic mass is 79.9. The SMILES string of the molecule is COc1ccc(C(=O)N/N=C/c2cccc(OC)c2OC)cc1Br. The van der Waals surface area contributed by atoms with Crippen LogP contribution in [-0.4, -0.2) is 33.5 Å². The van der Waals surface area contributed by atoms with Crippen molar-refractivity contribution in [1.29, 1.82) is 0 Å². The summed E-state index contributed by atoms with van der Waals surface area (Å²) in [5.74, 6) is 1.45. The molecule has 2 rings (SSSR count). The number of para-hydroxylation sites is 1. The van der Waals surface area contributed by atoms with Crippen molar-refractivity contribution >= 4 is 28.1 Å². The van der Waals surface area contributed by atoms with E-state index in [0.29, 0.717) is 32.8 Å². The van der Waals surface area contributed by atoms with Crippen LogP contribution in [-0.2, 0) is 0 Å². The maximum Gasteiger partial charge on any atom is 0.271 e. The Bertz CT molecular complexity index is 762. The first-order chi connectivity index (χ1) is 11.6. The van der Waals surface area contributed by atoms with Crippen molar-refractivity contribution in [3.05, 3.63) is 52.0 Å². The molecule has 0 saturated heterocycles. The van der Waals surface area contributed by atoms with Crippen molar-refractivity contribution in [2.75, 3.05) is 21.3 Å². The van der Waals surface area contributed by atoms with Crippen LogP contribution < -0.4 is 19.6 Å². The number of nitrogens with zero attached hydrogens (tertiary/aromatic N) is 1. The van der Waals surface area contributed by atoms with Gasteiger partial charge >= 0.3 is 0 Å². The summed E-state index contributed by atoms with van der Waals surface area (Å²) in [4.78, 5) is 12.1. The van der Waals surface area contributed by atoms with Crippen molar-refractivity contribution < 1.29 is 19.0 Å². The number of rotatable bonds is 6. The Hall–Kier alpha value is -2.54. The molecule has 1 N–H and O–H groups in total. The summed E-state index contributed by atoms with van der Waals surface area (Å²) in [6.07, 6.45) is 1.50. The summed E-state index contributed by atoms with van der Waals surface area (Å²) in [5.41, 5.74) is 3.62. The number of hydrazone groups is 1. The fourth-order valence-corrected chi connectivity index (χ4v) is 2.59. The molecule has 0 heterocycles. The van der Waals surface area contributed by atoms with E-state index in [4.69, 9.17) is 14.2 Å². The van der Waals surface area contributed by atoms with E-state index in [2.05, 4.69) is 26.5 Å². The number of carbonyl (C=O) groups is 1. The van der Waals surface area contributed by atoms with Gasteiger partial charge in [0.1, 0.15) is 5.75 Å². The van der Waals surface area contributed by atoms with Gasteiger partial charge in [-0.2, -0.15) is 5.10 Å². The van der Waals surface area contributed by atoms with Crippen molar-refractivity contribution in [1.82, 2.24) is 5.43 Å². The lowest BCUT2D eigenvalue weighted by molar-refractivity contribution is 0.0955. The third kappa shape index (κ3) is 4.05. The van der Waals surface area contributed by atoms with Gasteiger partial charge < -0.3 is 14.2 Å². The van der Waals surface area contributed by atoms with E-state index in [-0.39, 0.29) is 5.91 Å². The van der Waals surface area contributed by atoms with E-state index in [1.807, 2.05) is 6.07 Å². The average molecular weight is 393 g/mol. The maximum atomic E-state index is 12.1. The minimum Gasteiger partial charge on any atom is -0.496 e. The predicted molar refractivity (Wildman–Crippen MR) is 95.3 cm³/mol. The van der Waals surface area contributed by atoms with Crippen molar-refractivity contribution in [2.45, 2.75) is 0 Å². The molecule has 1 amide bonds. The molecular weight excluding hydrogens is 376 g/mol. The second-order valence-electron chi connectivity index (χ2n) is 4.63.